The van der Waals surface area contributed by atoms with Crippen molar-refractivity contribution in [3.05, 3.63) is 64.7 Å². The van der Waals surface area contributed by atoms with Gasteiger partial charge in [-0.1, -0.05) is 41.4 Å². The number of para-hydroxylation sites is 1. The van der Waals surface area contributed by atoms with Crippen LogP contribution < -0.4 is 9.64 Å². The van der Waals surface area contributed by atoms with Gasteiger partial charge >= 0.3 is 5.97 Å². The van der Waals surface area contributed by atoms with Gasteiger partial charge in [-0.3, -0.25) is 28.9 Å². The monoisotopic (exact) mass is 592 g/mol. The minimum Gasteiger partial charge on any atom is -0.503 e. The average Bonchev–Trinajstić information content (AvgIpc) is 3.33. The number of phenols is 1. The number of benzene rings is 2. The molecule has 2 saturated heterocycles. The number of ether oxygens (including phenoxy) is 1. The van der Waals surface area contributed by atoms with Gasteiger partial charge in [0, 0.05) is 12.5 Å². The summed E-state index contributed by atoms with van der Waals surface area (Å²) < 4.78 is 5.37. The fraction of sp³-hybridized carbons (Fsp3) is 0.387. The number of carbonyl (C=O) groups excluding carboxylic acids is 4. The number of hydrogen-bond donors (Lipinski definition) is 2. The summed E-state index contributed by atoms with van der Waals surface area (Å²) in [5, 5.41) is 19.6. The molecule has 0 radical (unpaired) electrons. The van der Waals surface area contributed by atoms with E-state index >= 15 is 0 Å². The Bertz CT molecular complexity index is 1570. The number of halogens is 1. The summed E-state index contributed by atoms with van der Waals surface area (Å²) in [5.41, 5.74) is 0.440. The summed E-state index contributed by atoms with van der Waals surface area (Å²) in [5.74, 6) is -6.52. The lowest BCUT2D eigenvalue weighted by molar-refractivity contribution is -0.142. The van der Waals surface area contributed by atoms with Crippen molar-refractivity contribution in [3.8, 4) is 11.5 Å². The number of aromatic hydroxyl groups is 1. The molecule has 6 rings (SSSR count). The molecule has 0 aromatic heterocycles. The Hall–Kier alpha value is -4.18. The summed E-state index contributed by atoms with van der Waals surface area (Å²) in [6, 6.07) is 11.8. The van der Waals surface area contributed by atoms with Gasteiger partial charge in [-0.05, 0) is 55.5 Å². The Morgan fingerprint density at radius 3 is 2.45 bits per heavy atom. The first-order chi connectivity index (χ1) is 20.0. The molecule has 42 heavy (non-hydrogen) atoms. The molecule has 6 atom stereocenters. The summed E-state index contributed by atoms with van der Waals surface area (Å²) in [6.45, 7) is 1.53. The molecule has 3 fully saturated rings. The van der Waals surface area contributed by atoms with E-state index in [-0.39, 0.29) is 42.3 Å². The second-order valence-corrected chi connectivity index (χ2v) is 11.9. The van der Waals surface area contributed by atoms with E-state index in [1.54, 1.807) is 49.4 Å². The number of allylic oxidation sites excluding steroid dienone is 2. The Labute approximate surface area is 246 Å². The first kappa shape index (κ1) is 28.0. The molecule has 0 spiro atoms. The molecule has 218 valence electrons. The Morgan fingerprint density at radius 2 is 1.79 bits per heavy atom. The lowest BCUT2D eigenvalue weighted by Crippen LogP contribution is -2.48. The average molecular weight is 593 g/mol. The highest BCUT2D eigenvalue weighted by atomic mass is 35.5. The van der Waals surface area contributed by atoms with Gasteiger partial charge in [0.2, 0.25) is 23.6 Å². The van der Waals surface area contributed by atoms with Crippen molar-refractivity contribution in [1.82, 2.24) is 4.90 Å². The number of anilines is 1. The van der Waals surface area contributed by atoms with E-state index < -0.39 is 64.6 Å². The Balaban J connectivity index is 1.51. The highest BCUT2D eigenvalue weighted by molar-refractivity contribution is 6.32. The van der Waals surface area contributed by atoms with Crippen molar-refractivity contribution in [1.29, 1.82) is 0 Å². The molecule has 2 aliphatic heterocycles. The van der Waals surface area contributed by atoms with Crippen molar-refractivity contribution in [2.24, 2.45) is 29.1 Å². The van der Waals surface area contributed by atoms with Crippen LogP contribution >= 0.6 is 11.6 Å². The van der Waals surface area contributed by atoms with Crippen LogP contribution in [0.5, 0.6) is 11.5 Å². The van der Waals surface area contributed by atoms with Crippen LogP contribution in [0.15, 0.2) is 54.1 Å². The standard InChI is InChI=1S/C31H29ClN2O8/c1-31-20(28(39)34(30(31)41)16-6-4-3-5-7-16)14-19-17(25(31)15-12-21(32)26(37)22(13-15)42-2)8-9-18-24(19)29(40)33(27(18)38)11-10-23(35)36/h3-8,12-13,18-20,24-25,37H,9-11,14H2,1-2H3,(H,35,36)/t18-,19+,20-,24-,25-,31+/m0/s1. The maximum Gasteiger partial charge on any atom is 0.305 e. The summed E-state index contributed by atoms with van der Waals surface area (Å²) in [7, 11) is 1.38. The first-order valence-electron chi connectivity index (χ1n) is 13.8. The van der Waals surface area contributed by atoms with Crippen molar-refractivity contribution >= 4 is 46.9 Å². The molecule has 4 aliphatic rings. The number of carbonyl (C=O) groups is 5. The summed E-state index contributed by atoms with van der Waals surface area (Å²) in [4.78, 5) is 68.9. The molecule has 1 saturated carbocycles. The van der Waals surface area contributed by atoms with E-state index in [4.69, 9.17) is 21.4 Å². The number of fused-ring (bicyclic) bond motifs is 4. The number of phenolic OH excluding ortho intramolecular Hbond substituents is 1. The van der Waals surface area contributed by atoms with E-state index in [2.05, 4.69) is 0 Å². The molecular weight excluding hydrogens is 564 g/mol. The minimum atomic E-state index is -1.28. The molecule has 4 amide bonds. The van der Waals surface area contributed by atoms with E-state index in [1.165, 1.54) is 12.0 Å². The van der Waals surface area contributed by atoms with Gasteiger partial charge in [-0.15, -0.1) is 0 Å². The van der Waals surface area contributed by atoms with Crippen LogP contribution in [0, 0.1) is 29.1 Å². The van der Waals surface area contributed by atoms with Crippen molar-refractivity contribution in [3.63, 3.8) is 0 Å². The third-order valence-corrected chi connectivity index (χ3v) is 9.82. The molecule has 0 bridgehead atoms. The third-order valence-electron chi connectivity index (χ3n) is 9.53. The second kappa shape index (κ2) is 9.97. The number of aliphatic carboxylic acids is 1. The molecule has 10 nitrogen and oxygen atoms in total. The molecule has 2 N–H and O–H groups in total. The quantitative estimate of drug-likeness (QED) is 0.381. The van der Waals surface area contributed by atoms with Crippen LogP contribution in [-0.4, -0.2) is 58.4 Å². The van der Waals surface area contributed by atoms with Gasteiger partial charge < -0.3 is 14.9 Å². The van der Waals surface area contributed by atoms with Gasteiger partial charge in [-0.2, -0.15) is 0 Å². The summed E-state index contributed by atoms with van der Waals surface area (Å²) in [6.07, 6.45) is 1.92. The number of imide groups is 2. The van der Waals surface area contributed by atoms with Crippen molar-refractivity contribution < 1.29 is 38.9 Å². The van der Waals surface area contributed by atoms with Gasteiger partial charge in [0.05, 0.1) is 47.4 Å². The second-order valence-electron chi connectivity index (χ2n) is 11.5. The number of amides is 4. The topological polar surface area (TPSA) is 142 Å². The van der Waals surface area contributed by atoms with Crippen LogP contribution in [0.2, 0.25) is 5.02 Å². The predicted molar refractivity (Wildman–Crippen MR) is 150 cm³/mol. The van der Waals surface area contributed by atoms with Crippen LogP contribution in [-0.2, 0) is 24.0 Å². The van der Waals surface area contributed by atoms with Crippen LogP contribution in [0.1, 0.15) is 37.7 Å². The molecular formula is C31H29ClN2O8. The van der Waals surface area contributed by atoms with Crippen LogP contribution in [0.25, 0.3) is 0 Å². The fourth-order valence-electron chi connectivity index (χ4n) is 7.63. The molecule has 11 heteroatoms. The molecule has 0 unspecified atom stereocenters. The van der Waals surface area contributed by atoms with Gasteiger partial charge in [0.1, 0.15) is 0 Å². The summed E-state index contributed by atoms with van der Waals surface area (Å²) >= 11 is 6.42. The SMILES string of the molecule is COc1cc([C@H]2C3=CC[C@@H]4C(=O)N(CCC(=O)O)C(=O)[C@@H]4[C@@H]3C[C@H]3C(=O)N(c4ccccc4)C(=O)[C@@]23C)cc(Cl)c1O. The largest absolute Gasteiger partial charge is 0.503 e. The highest BCUT2D eigenvalue weighted by Gasteiger charge is 2.67. The van der Waals surface area contributed by atoms with E-state index in [1.807, 2.05) is 6.08 Å². The predicted octanol–water partition coefficient (Wildman–Crippen LogP) is 3.76. The van der Waals surface area contributed by atoms with Gasteiger partial charge in [-0.25, -0.2) is 4.90 Å². The van der Waals surface area contributed by atoms with E-state index in [9.17, 15) is 29.1 Å². The number of nitrogens with zero attached hydrogens (tertiary/aromatic N) is 2. The maximum absolute atomic E-state index is 14.4. The minimum absolute atomic E-state index is 0.00423. The lowest BCUT2D eigenvalue weighted by atomic mass is 9.51. The highest BCUT2D eigenvalue weighted by Crippen LogP contribution is 2.64. The number of hydrogen-bond acceptors (Lipinski definition) is 7. The number of rotatable bonds is 6. The number of carboxylic acid groups (broad SMARTS) is 1. The Morgan fingerprint density at radius 1 is 1.07 bits per heavy atom. The molecule has 2 heterocycles. The van der Waals surface area contributed by atoms with Crippen LogP contribution in [0.3, 0.4) is 0 Å². The third kappa shape index (κ3) is 3.88. The van der Waals surface area contributed by atoms with Crippen molar-refractivity contribution in [2.45, 2.75) is 32.1 Å². The number of carboxylic acids is 1. The smallest absolute Gasteiger partial charge is 0.305 e. The zero-order chi connectivity index (χ0) is 30.1. The van der Waals surface area contributed by atoms with E-state index in [0.717, 1.165) is 10.5 Å². The number of methoxy groups -OCH3 is 1. The Kier molecular flexibility index (Phi) is 6.64. The maximum atomic E-state index is 14.4. The van der Waals surface area contributed by atoms with Gasteiger partial charge in [0.15, 0.2) is 11.5 Å². The normalized spacial score (nSPS) is 30.2. The number of likely N-dealkylation sites (tertiary alicyclic amines) is 1. The van der Waals surface area contributed by atoms with Gasteiger partial charge in [0.25, 0.3) is 0 Å². The first-order valence-corrected chi connectivity index (χ1v) is 14.1. The molecule has 2 aromatic rings. The lowest BCUT2D eigenvalue weighted by Gasteiger charge is -2.49. The zero-order valence-corrected chi connectivity index (χ0v) is 23.7. The molecule has 2 aliphatic carbocycles. The van der Waals surface area contributed by atoms with Crippen LogP contribution in [0.4, 0.5) is 5.69 Å². The molecule has 2 aromatic carbocycles. The van der Waals surface area contributed by atoms with Crippen molar-refractivity contribution in [2.75, 3.05) is 18.6 Å². The fourth-order valence-corrected chi connectivity index (χ4v) is 7.85. The zero-order valence-electron chi connectivity index (χ0n) is 23.0. The van der Waals surface area contributed by atoms with E-state index in [0.29, 0.717) is 11.3 Å².